The maximum absolute atomic E-state index is 13.1. The van der Waals surface area contributed by atoms with E-state index in [0.29, 0.717) is 41.9 Å². The van der Waals surface area contributed by atoms with Crippen LogP contribution in [-0.2, 0) is 0 Å². The molecular weight excluding hydrogens is 366 g/mol. The van der Waals surface area contributed by atoms with E-state index in [1.807, 2.05) is 66.4 Å². The predicted molar refractivity (Wildman–Crippen MR) is 109 cm³/mol. The van der Waals surface area contributed by atoms with Gasteiger partial charge in [0.2, 0.25) is 5.88 Å². The van der Waals surface area contributed by atoms with Crippen molar-refractivity contribution in [2.45, 2.75) is 25.9 Å². The summed E-state index contributed by atoms with van der Waals surface area (Å²) in [6, 6.07) is 18.6. The standard InChI is InChI=1S/C23H23N3O3/c1-17-24-14-11-22(25-17)29-19-12-15-26(16-13-19)23(27)20-9-5-6-10-21(20)28-18-7-3-2-4-8-18/h2-11,14,19H,12-13,15-16H2,1H3. The number of benzene rings is 2. The van der Waals surface area contributed by atoms with Gasteiger partial charge in [-0.05, 0) is 31.2 Å². The van der Waals surface area contributed by atoms with Crippen molar-refractivity contribution in [1.82, 2.24) is 14.9 Å². The summed E-state index contributed by atoms with van der Waals surface area (Å²) in [6.45, 7) is 3.10. The van der Waals surface area contributed by atoms with Crippen LogP contribution < -0.4 is 9.47 Å². The first kappa shape index (κ1) is 18.9. The SMILES string of the molecule is Cc1nccc(OC2CCN(C(=O)c3ccccc3Oc3ccccc3)CC2)n1. The fourth-order valence-corrected chi connectivity index (χ4v) is 3.37. The highest BCUT2D eigenvalue weighted by molar-refractivity contribution is 5.97. The molecule has 1 fully saturated rings. The summed E-state index contributed by atoms with van der Waals surface area (Å²) >= 11 is 0. The van der Waals surface area contributed by atoms with Crippen molar-refractivity contribution < 1.29 is 14.3 Å². The summed E-state index contributed by atoms with van der Waals surface area (Å²) in [5.41, 5.74) is 0.571. The molecule has 4 rings (SSSR count). The van der Waals surface area contributed by atoms with Gasteiger partial charge in [-0.3, -0.25) is 4.79 Å². The minimum Gasteiger partial charge on any atom is -0.474 e. The van der Waals surface area contributed by atoms with Crippen molar-refractivity contribution in [1.29, 1.82) is 0 Å². The third-order valence-corrected chi connectivity index (χ3v) is 4.86. The lowest BCUT2D eigenvalue weighted by molar-refractivity contribution is 0.0585. The van der Waals surface area contributed by atoms with E-state index >= 15 is 0 Å². The average molecular weight is 389 g/mol. The number of hydrogen-bond donors (Lipinski definition) is 0. The molecule has 0 N–H and O–H groups in total. The van der Waals surface area contributed by atoms with Crippen LogP contribution >= 0.6 is 0 Å². The highest BCUT2D eigenvalue weighted by Crippen LogP contribution is 2.27. The molecule has 148 valence electrons. The number of carbonyl (C=O) groups excluding carboxylic acids is 1. The molecule has 0 unspecified atom stereocenters. The van der Waals surface area contributed by atoms with Crippen LogP contribution in [0.1, 0.15) is 29.0 Å². The molecule has 3 aromatic rings. The largest absolute Gasteiger partial charge is 0.474 e. The fraction of sp³-hybridized carbons (Fsp3) is 0.261. The lowest BCUT2D eigenvalue weighted by Crippen LogP contribution is -2.42. The number of nitrogens with zero attached hydrogens (tertiary/aromatic N) is 3. The van der Waals surface area contributed by atoms with Crippen molar-refractivity contribution in [3.05, 3.63) is 78.2 Å². The first-order chi connectivity index (χ1) is 14.2. The van der Waals surface area contributed by atoms with Crippen molar-refractivity contribution >= 4 is 5.91 Å². The monoisotopic (exact) mass is 389 g/mol. The molecule has 0 radical (unpaired) electrons. The summed E-state index contributed by atoms with van der Waals surface area (Å²) in [7, 11) is 0. The quantitative estimate of drug-likeness (QED) is 0.652. The van der Waals surface area contributed by atoms with E-state index in [0.717, 1.165) is 12.8 Å². The van der Waals surface area contributed by atoms with Crippen molar-refractivity contribution in [2.24, 2.45) is 0 Å². The molecule has 1 aliphatic heterocycles. The Morgan fingerprint density at radius 2 is 1.72 bits per heavy atom. The van der Waals surface area contributed by atoms with Crippen LogP contribution in [-0.4, -0.2) is 40.0 Å². The summed E-state index contributed by atoms with van der Waals surface area (Å²) < 4.78 is 11.9. The minimum absolute atomic E-state index is 0.0205. The molecule has 1 saturated heterocycles. The molecule has 6 heteroatoms. The van der Waals surface area contributed by atoms with Crippen LogP contribution in [0.5, 0.6) is 17.4 Å². The normalized spacial score (nSPS) is 14.4. The van der Waals surface area contributed by atoms with E-state index in [2.05, 4.69) is 9.97 Å². The zero-order chi connectivity index (χ0) is 20.1. The van der Waals surface area contributed by atoms with Gasteiger partial charge in [0.15, 0.2) is 0 Å². The van der Waals surface area contributed by atoms with Crippen LogP contribution in [0.15, 0.2) is 66.9 Å². The first-order valence-corrected chi connectivity index (χ1v) is 9.76. The van der Waals surface area contributed by atoms with Gasteiger partial charge in [0.25, 0.3) is 5.91 Å². The molecule has 2 aromatic carbocycles. The zero-order valence-electron chi connectivity index (χ0n) is 16.3. The third-order valence-electron chi connectivity index (χ3n) is 4.86. The van der Waals surface area contributed by atoms with E-state index < -0.39 is 0 Å². The van der Waals surface area contributed by atoms with E-state index in [1.165, 1.54) is 0 Å². The molecule has 29 heavy (non-hydrogen) atoms. The smallest absolute Gasteiger partial charge is 0.257 e. The van der Waals surface area contributed by atoms with Crippen molar-refractivity contribution in [3.8, 4) is 17.4 Å². The molecular formula is C23H23N3O3. The molecule has 0 aliphatic carbocycles. The first-order valence-electron chi connectivity index (χ1n) is 9.76. The van der Waals surface area contributed by atoms with Gasteiger partial charge in [0.1, 0.15) is 23.4 Å². The van der Waals surface area contributed by atoms with Crippen LogP contribution in [0.25, 0.3) is 0 Å². The molecule has 0 saturated carbocycles. The second-order valence-electron chi connectivity index (χ2n) is 6.96. The van der Waals surface area contributed by atoms with Gasteiger partial charge in [-0.1, -0.05) is 30.3 Å². The summed E-state index contributed by atoms with van der Waals surface area (Å²) in [5, 5.41) is 0. The lowest BCUT2D eigenvalue weighted by Gasteiger charge is -2.32. The van der Waals surface area contributed by atoms with Crippen molar-refractivity contribution in [2.75, 3.05) is 13.1 Å². The van der Waals surface area contributed by atoms with Gasteiger partial charge in [-0.25, -0.2) is 4.98 Å². The van der Waals surface area contributed by atoms with Crippen LogP contribution in [0.3, 0.4) is 0 Å². The van der Waals surface area contributed by atoms with Crippen LogP contribution in [0.4, 0.5) is 0 Å². The molecule has 1 aromatic heterocycles. The number of ether oxygens (including phenoxy) is 2. The van der Waals surface area contributed by atoms with Gasteiger partial charge in [-0.15, -0.1) is 0 Å². The fourth-order valence-electron chi connectivity index (χ4n) is 3.37. The van der Waals surface area contributed by atoms with Gasteiger partial charge >= 0.3 is 0 Å². The highest BCUT2D eigenvalue weighted by Gasteiger charge is 2.26. The maximum atomic E-state index is 13.1. The van der Waals surface area contributed by atoms with E-state index in [1.54, 1.807) is 12.3 Å². The number of amides is 1. The third kappa shape index (κ3) is 4.71. The van der Waals surface area contributed by atoms with Crippen LogP contribution in [0.2, 0.25) is 0 Å². The number of hydrogen-bond acceptors (Lipinski definition) is 5. The van der Waals surface area contributed by atoms with E-state index in [4.69, 9.17) is 9.47 Å². The Bertz CT molecular complexity index is 970. The topological polar surface area (TPSA) is 64.5 Å². The van der Waals surface area contributed by atoms with E-state index in [-0.39, 0.29) is 12.0 Å². The summed E-state index contributed by atoms with van der Waals surface area (Å²) in [6.07, 6.45) is 3.26. The molecule has 0 atom stereocenters. The number of aromatic nitrogens is 2. The number of para-hydroxylation sites is 2. The average Bonchev–Trinajstić information content (AvgIpc) is 2.75. The Kier molecular flexibility index (Phi) is 5.70. The Balaban J connectivity index is 1.40. The molecule has 0 spiro atoms. The number of aryl methyl sites for hydroxylation is 1. The van der Waals surface area contributed by atoms with Gasteiger partial charge in [0.05, 0.1) is 5.56 Å². The Labute approximate surface area is 170 Å². The lowest BCUT2D eigenvalue weighted by atomic mass is 10.1. The predicted octanol–water partition coefficient (Wildman–Crippen LogP) is 4.26. The second kappa shape index (κ2) is 8.73. The maximum Gasteiger partial charge on any atom is 0.257 e. The molecule has 0 bridgehead atoms. The molecule has 2 heterocycles. The van der Waals surface area contributed by atoms with Gasteiger partial charge < -0.3 is 14.4 Å². The second-order valence-corrected chi connectivity index (χ2v) is 6.96. The van der Waals surface area contributed by atoms with Gasteiger partial charge in [0, 0.05) is 38.2 Å². The zero-order valence-corrected chi connectivity index (χ0v) is 16.3. The summed E-state index contributed by atoms with van der Waals surface area (Å²) in [4.78, 5) is 23.3. The number of piperidine rings is 1. The van der Waals surface area contributed by atoms with E-state index in [9.17, 15) is 4.79 Å². The van der Waals surface area contributed by atoms with Crippen molar-refractivity contribution in [3.63, 3.8) is 0 Å². The Hall–Kier alpha value is -3.41. The summed E-state index contributed by atoms with van der Waals surface area (Å²) in [5.74, 6) is 2.53. The Morgan fingerprint density at radius 1 is 1.00 bits per heavy atom. The molecule has 1 amide bonds. The van der Waals surface area contributed by atoms with Gasteiger partial charge in [-0.2, -0.15) is 4.98 Å². The minimum atomic E-state index is -0.0205. The molecule has 1 aliphatic rings. The van der Waals surface area contributed by atoms with Crippen LogP contribution in [0, 0.1) is 6.92 Å². The number of carbonyl (C=O) groups is 1. The number of rotatable bonds is 5. The highest BCUT2D eigenvalue weighted by atomic mass is 16.5. The number of likely N-dealkylation sites (tertiary alicyclic amines) is 1. The molecule has 6 nitrogen and oxygen atoms in total. The Morgan fingerprint density at radius 3 is 2.48 bits per heavy atom.